The van der Waals surface area contributed by atoms with Crippen LogP contribution in [0, 0.1) is 0 Å². The van der Waals surface area contributed by atoms with Gasteiger partial charge in [0, 0.05) is 5.54 Å². The van der Waals surface area contributed by atoms with Crippen LogP contribution in [0.15, 0.2) is 9.64 Å². The van der Waals surface area contributed by atoms with Crippen LogP contribution in [0.4, 0.5) is 0 Å². The Hall–Kier alpha value is -1.08. The van der Waals surface area contributed by atoms with Crippen LogP contribution in [0.2, 0.25) is 0 Å². The molecule has 1 rings (SSSR count). The summed E-state index contributed by atoms with van der Waals surface area (Å²) in [7, 11) is 3.85. The molecule has 1 heterocycles. The zero-order chi connectivity index (χ0) is 13.8. The molecule has 0 fully saturated rings. The Kier molecular flexibility index (Phi) is 5.15. The molecular weight excluding hydrogens is 252 g/mol. The van der Waals surface area contributed by atoms with Crippen LogP contribution in [-0.4, -0.2) is 46.4 Å². The van der Waals surface area contributed by atoms with Crippen LogP contribution >= 0.6 is 11.8 Å². The van der Waals surface area contributed by atoms with Crippen molar-refractivity contribution in [3.63, 3.8) is 0 Å². The van der Waals surface area contributed by atoms with Crippen molar-refractivity contribution in [3.05, 3.63) is 5.89 Å². The Labute approximate surface area is 112 Å². The Bertz CT molecular complexity index is 398. The number of hydrogen-bond acceptors (Lipinski definition) is 6. The summed E-state index contributed by atoms with van der Waals surface area (Å²) in [5, 5.41) is 11.1. The minimum atomic E-state index is -0.220. The molecule has 0 aliphatic carbocycles. The van der Waals surface area contributed by atoms with Crippen molar-refractivity contribution in [1.29, 1.82) is 0 Å². The van der Waals surface area contributed by atoms with Crippen molar-refractivity contribution in [2.24, 2.45) is 0 Å². The smallest absolute Gasteiger partial charge is 0.277 e. The molecule has 1 aromatic rings. The highest BCUT2D eigenvalue weighted by atomic mass is 32.2. The third-order valence-corrected chi connectivity index (χ3v) is 2.56. The van der Waals surface area contributed by atoms with E-state index in [0.29, 0.717) is 17.7 Å². The van der Waals surface area contributed by atoms with Gasteiger partial charge in [0.2, 0.25) is 11.8 Å². The second-order valence-corrected chi connectivity index (χ2v) is 6.21. The number of carbonyl (C=O) groups excluding carboxylic acids is 1. The lowest BCUT2D eigenvalue weighted by Crippen LogP contribution is -2.41. The highest BCUT2D eigenvalue weighted by Crippen LogP contribution is 2.16. The van der Waals surface area contributed by atoms with Gasteiger partial charge < -0.3 is 14.6 Å². The van der Waals surface area contributed by atoms with Gasteiger partial charge in [0.15, 0.2) is 0 Å². The summed E-state index contributed by atoms with van der Waals surface area (Å²) in [5.41, 5.74) is -0.220. The summed E-state index contributed by atoms with van der Waals surface area (Å²) < 4.78 is 5.39. The molecule has 0 aliphatic rings. The molecule has 0 atom stereocenters. The number of nitrogens with zero attached hydrogens (tertiary/aromatic N) is 3. The molecule has 0 radical (unpaired) electrons. The van der Waals surface area contributed by atoms with E-state index in [9.17, 15) is 4.79 Å². The summed E-state index contributed by atoms with van der Waals surface area (Å²) >= 11 is 1.25. The minimum absolute atomic E-state index is 0.0418. The third-order valence-electron chi connectivity index (χ3n) is 1.74. The van der Waals surface area contributed by atoms with E-state index in [4.69, 9.17) is 4.42 Å². The zero-order valence-corrected chi connectivity index (χ0v) is 12.3. The molecule has 1 aromatic heterocycles. The maximum absolute atomic E-state index is 11.6. The zero-order valence-electron chi connectivity index (χ0n) is 11.5. The Morgan fingerprint density at radius 1 is 1.39 bits per heavy atom. The fourth-order valence-corrected chi connectivity index (χ4v) is 1.79. The van der Waals surface area contributed by atoms with E-state index in [2.05, 4.69) is 15.5 Å². The van der Waals surface area contributed by atoms with Gasteiger partial charge in [-0.05, 0) is 34.9 Å². The van der Waals surface area contributed by atoms with E-state index in [1.54, 1.807) is 0 Å². The average molecular weight is 272 g/mol. The van der Waals surface area contributed by atoms with Crippen molar-refractivity contribution in [1.82, 2.24) is 20.4 Å². The Morgan fingerprint density at radius 2 is 2.06 bits per heavy atom. The summed E-state index contributed by atoms with van der Waals surface area (Å²) in [5.74, 6) is 0.791. The monoisotopic (exact) mass is 272 g/mol. The SMILES string of the molecule is CN(C)Cc1nnc(SCC(=O)NC(C)(C)C)o1. The molecular formula is C11H20N4O2S. The van der Waals surface area contributed by atoms with Crippen molar-refractivity contribution < 1.29 is 9.21 Å². The Balaban J connectivity index is 2.39. The molecule has 0 bridgehead atoms. The van der Waals surface area contributed by atoms with Gasteiger partial charge in [-0.25, -0.2) is 0 Å². The number of amides is 1. The van der Waals surface area contributed by atoms with Gasteiger partial charge in [0.05, 0.1) is 12.3 Å². The first-order chi connectivity index (χ1) is 8.26. The van der Waals surface area contributed by atoms with E-state index in [1.165, 1.54) is 11.8 Å². The molecule has 1 amide bonds. The maximum atomic E-state index is 11.6. The van der Waals surface area contributed by atoms with Gasteiger partial charge >= 0.3 is 0 Å². The topological polar surface area (TPSA) is 71.3 Å². The maximum Gasteiger partial charge on any atom is 0.277 e. The number of aromatic nitrogens is 2. The van der Waals surface area contributed by atoms with Crippen LogP contribution in [0.25, 0.3) is 0 Å². The lowest BCUT2D eigenvalue weighted by atomic mass is 10.1. The van der Waals surface area contributed by atoms with Gasteiger partial charge in [-0.1, -0.05) is 11.8 Å². The predicted molar refractivity (Wildman–Crippen MR) is 70.3 cm³/mol. The summed E-state index contributed by atoms with van der Waals surface area (Å²) in [6, 6.07) is 0. The minimum Gasteiger partial charge on any atom is -0.415 e. The van der Waals surface area contributed by atoms with E-state index in [-0.39, 0.29) is 17.2 Å². The Morgan fingerprint density at radius 3 is 2.61 bits per heavy atom. The second-order valence-electron chi connectivity index (χ2n) is 5.29. The fourth-order valence-electron chi connectivity index (χ4n) is 1.21. The lowest BCUT2D eigenvalue weighted by molar-refractivity contribution is -0.119. The first-order valence-electron chi connectivity index (χ1n) is 5.67. The number of hydrogen-bond donors (Lipinski definition) is 1. The van der Waals surface area contributed by atoms with E-state index in [1.807, 2.05) is 39.8 Å². The highest BCUT2D eigenvalue weighted by Gasteiger charge is 2.15. The molecule has 102 valence electrons. The van der Waals surface area contributed by atoms with Gasteiger partial charge in [0.25, 0.3) is 5.22 Å². The molecule has 0 saturated heterocycles. The van der Waals surface area contributed by atoms with Crippen LogP contribution in [0.1, 0.15) is 26.7 Å². The molecule has 6 nitrogen and oxygen atoms in total. The molecule has 0 aromatic carbocycles. The predicted octanol–water partition coefficient (Wildman–Crippen LogP) is 1.14. The second kappa shape index (κ2) is 6.19. The first-order valence-corrected chi connectivity index (χ1v) is 6.66. The quantitative estimate of drug-likeness (QED) is 0.810. The van der Waals surface area contributed by atoms with Crippen molar-refractivity contribution >= 4 is 17.7 Å². The van der Waals surface area contributed by atoms with Crippen LogP contribution < -0.4 is 5.32 Å². The molecule has 0 saturated carbocycles. The van der Waals surface area contributed by atoms with Crippen LogP contribution in [0.3, 0.4) is 0 Å². The summed E-state index contributed by atoms with van der Waals surface area (Å²) in [4.78, 5) is 13.5. The van der Waals surface area contributed by atoms with Crippen LogP contribution in [0.5, 0.6) is 0 Å². The molecule has 0 aliphatic heterocycles. The highest BCUT2D eigenvalue weighted by molar-refractivity contribution is 7.99. The van der Waals surface area contributed by atoms with Gasteiger partial charge in [-0.2, -0.15) is 0 Å². The van der Waals surface area contributed by atoms with E-state index in [0.717, 1.165) is 0 Å². The van der Waals surface area contributed by atoms with Gasteiger partial charge in [0.1, 0.15) is 0 Å². The lowest BCUT2D eigenvalue weighted by Gasteiger charge is -2.19. The molecule has 1 N–H and O–H groups in total. The number of carbonyl (C=O) groups is 1. The van der Waals surface area contributed by atoms with Crippen LogP contribution in [-0.2, 0) is 11.3 Å². The third kappa shape index (κ3) is 6.02. The summed E-state index contributed by atoms with van der Waals surface area (Å²) in [6.45, 7) is 6.42. The molecule has 0 unspecified atom stereocenters. The molecule has 0 spiro atoms. The van der Waals surface area contributed by atoms with E-state index < -0.39 is 0 Å². The standard InChI is InChI=1S/C11H20N4O2S/c1-11(2,3)12-8(16)7-18-10-14-13-9(17-10)6-15(4)5/h6-7H2,1-5H3,(H,12,16). The number of rotatable bonds is 5. The summed E-state index contributed by atoms with van der Waals surface area (Å²) in [6.07, 6.45) is 0. The normalized spacial score (nSPS) is 11.9. The number of nitrogens with one attached hydrogen (secondary N) is 1. The largest absolute Gasteiger partial charge is 0.415 e. The first kappa shape index (κ1) is 15.0. The fraction of sp³-hybridized carbons (Fsp3) is 0.727. The van der Waals surface area contributed by atoms with Gasteiger partial charge in [-0.3, -0.25) is 4.79 Å². The molecule has 7 heteroatoms. The van der Waals surface area contributed by atoms with Crippen molar-refractivity contribution in [3.8, 4) is 0 Å². The van der Waals surface area contributed by atoms with E-state index >= 15 is 0 Å². The molecule has 18 heavy (non-hydrogen) atoms. The number of thioether (sulfide) groups is 1. The van der Waals surface area contributed by atoms with Crippen molar-refractivity contribution in [2.75, 3.05) is 19.8 Å². The van der Waals surface area contributed by atoms with Gasteiger partial charge in [-0.15, -0.1) is 10.2 Å². The average Bonchev–Trinajstić information content (AvgIpc) is 2.59. The van der Waals surface area contributed by atoms with Crippen molar-refractivity contribution in [2.45, 2.75) is 38.1 Å².